The van der Waals surface area contributed by atoms with E-state index in [1.165, 1.54) is 0 Å². The van der Waals surface area contributed by atoms with Gasteiger partial charge in [-0.25, -0.2) is 0 Å². The Labute approximate surface area is 128 Å². The van der Waals surface area contributed by atoms with E-state index in [0.717, 1.165) is 19.3 Å². The number of ether oxygens (including phenoxy) is 1. The largest absolute Gasteiger partial charge is 0.378 e. The van der Waals surface area contributed by atoms with Crippen molar-refractivity contribution in [3.8, 4) is 0 Å². The van der Waals surface area contributed by atoms with E-state index < -0.39 is 0 Å². The van der Waals surface area contributed by atoms with Crippen LogP contribution in [0.2, 0.25) is 0 Å². The Morgan fingerprint density at radius 3 is 2.52 bits per heavy atom. The molecule has 5 heteroatoms. The van der Waals surface area contributed by atoms with Gasteiger partial charge in [0.25, 0.3) is 0 Å². The highest BCUT2D eigenvalue weighted by Crippen LogP contribution is 2.19. The minimum absolute atomic E-state index is 0.0180. The molecular weight excluding hydrogens is 268 g/mol. The number of hydrogen-bond acceptors (Lipinski definition) is 3. The van der Waals surface area contributed by atoms with Crippen LogP contribution in [0.1, 0.15) is 60.3 Å². The lowest BCUT2D eigenvalue weighted by atomic mass is 9.99. The number of likely N-dealkylation sites (tertiary alicyclic amines) is 1. The summed E-state index contributed by atoms with van der Waals surface area (Å²) in [5.41, 5.74) is -0.274. The van der Waals surface area contributed by atoms with Gasteiger partial charge in [-0.05, 0) is 53.9 Å². The van der Waals surface area contributed by atoms with Crippen LogP contribution < -0.4 is 5.32 Å². The summed E-state index contributed by atoms with van der Waals surface area (Å²) in [5.74, 6) is -0.0234. The summed E-state index contributed by atoms with van der Waals surface area (Å²) in [4.78, 5) is 26.4. The molecule has 0 spiro atoms. The summed E-state index contributed by atoms with van der Waals surface area (Å²) < 4.78 is 5.43. The number of hydrogen-bond donors (Lipinski definition) is 1. The third-order valence-corrected chi connectivity index (χ3v) is 3.39. The normalized spacial score (nSPS) is 19.7. The molecule has 1 atom stereocenters. The Hall–Kier alpha value is -1.10. The molecule has 0 aromatic rings. The molecule has 1 N–H and O–H groups in total. The third-order valence-electron chi connectivity index (χ3n) is 3.39. The molecule has 1 aliphatic heterocycles. The van der Waals surface area contributed by atoms with Gasteiger partial charge in [0.1, 0.15) is 6.04 Å². The molecule has 2 amide bonds. The molecule has 1 fully saturated rings. The van der Waals surface area contributed by atoms with Crippen molar-refractivity contribution in [3.63, 3.8) is 0 Å². The predicted molar refractivity (Wildman–Crippen MR) is 83.0 cm³/mol. The fraction of sp³-hybridized carbons (Fsp3) is 0.875. The lowest BCUT2D eigenvalue weighted by Gasteiger charge is -2.36. The molecule has 0 aliphatic carbocycles. The molecule has 0 radical (unpaired) electrons. The van der Waals surface area contributed by atoms with Gasteiger partial charge < -0.3 is 15.0 Å². The molecule has 1 rings (SSSR count). The summed E-state index contributed by atoms with van der Waals surface area (Å²) in [6.07, 6.45) is 3.18. The van der Waals surface area contributed by atoms with Crippen molar-refractivity contribution in [2.75, 3.05) is 13.2 Å². The maximum absolute atomic E-state index is 12.4. The average Bonchev–Trinajstić information content (AvgIpc) is 2.36. The SMILES string of the molecule is CC(C)OCCC(=O)N1CCCC[C@H]1C(=O)NC(C)(C)C. The van der Waals surface area contributed by atoms with E-state index >= 15 is 0 Å². The zero-order valence-corrected chi connectivity index (χ0v) is 14.1. The van der Waals surface area contributed by atoms with Crippen LogP contribution >= 0.6 is 0 Å². The molecule has 0 bridgehead atoms. The molecule has 1 saturated heterocycles. The van der Waals surface area contributed by atoms with Crippen LogP contribution in [0.25, 0.3) is 0 Å². The van der Waals surface area contributed by atoms with Gasteiger partial charge in [0.05, 0.1) is 19.1 Å². The first kappa shape index (κ1) is 18.0. The molecule has 122 valence electrons. The standard InChI is InChI=1S/C16H30N2O3/c1-12(2)21-11-9-14(19)18-10-7-6-8-13(18)15(20)17-16(3,4)5/h12-13H,6-11H2,1-5H3,(H,17,20)/t13-/m0/s1. The van der Waals surface area contributed by atoms with E-state index in [2.05, 4.69) is 5.32 Å². The fourth-order valence-corrected chi connectivity index (χ4v) is 2.48. The molecular formula is C16H30N2O3. The van der Waals surface area contributed by atoms with Crippen molar-refractivity contribution < 1.29 is 14.3 Å². The number of carbonyl (C=O) groups excluding carboxylic acids is 2. The van der Waals surface area contributed by atoms with Crippen molar-refractivity contribution in [1.29, 1.82) is 0 Å². The second-order valence-electron chi connectivity index (χ2n) is 7.01. The molecule has 0 unspecified atom stereocenters. The molecule has 21 heavy (non-hydrogen) atoms. The Morgan fingerprint density at radius 1 is 1.29 bits per heavy atom. The van der Waals surface area contributed by atoms with Crippen molar-refractivity contribution in [2.24, 2.45) is 0 Å². The van der Waals surface area contributed by atoms with Crippen LogP contribution in [-0.2, 0) is 14.3 Å². The van der Waals surface area contributed by atoms with Crippen molar-refractivity contribution in [2.45, 2.75) is 78.0 Å². The van der Waals surface area contributed by atoms with Crippen LogP contribution in [0.3, 0.4) is 0 Å². The first-order chi connectivity index (χ1) is 9.70. The van der Waals surface area contributed by atoms with E-state index in [-0.39, 0.29) is 29.5 Å². The first-order valence-electron chi connectivity index (χ1n) is 7.94. The summed E-state index contributed by atoms with van der Waals surface area (Å²) in [5, 5.41) is 2.98. The summed E-state index contributed by atoms with van der Waals surface area (Å²) in [6.45, 7) is 10.8. The van der Waals surface area contributed by atoms with Crippen LogP contribution in [0.5, 0.6) is 0 Å². The lowest BCUT2D eigenvalue weighted by molar-refractivity contribution is -0.144. The highest BCUT2D eigenvalue weighted by Gasteiger charge is 2.33. The number of amides is 2. The molecule has 1 heterocycles. The van der Waals surface area contributed by atoms with Gasteiger partial charge in [0.15, 0.2) is 0 Å². The maximum Gasteiger partial charge on any atom is 0.243 e. The molecule has 1 aliphatic rings. The van der Waals surface area contributed by atoms with Crippen LogP contribution in [0.4, 0.5) is 0 Å². The monoisotopic (exact) mass is 298 g/mol. The van der Waals surface area contributed by atoms with Gasteiger partial charge in [-0.1, -0.05) is 0 Å². The predicted octanol–water partition coefficient (Wildman–Crippen LogP) is 2.10. The Balaban J connectivity index is 2.60. The van der Waals surface area contributed by atoms with Crippen LogP contribution in [0.15, 0.2) is 0 Å². The topological polar surface area (TPSA) is 58.6 Å². The highest BCUT2D eigenvalue weighted by atomic mass is 16.5. The van der Waals surface area contributed by atoms with Gasteiger partial charge in [-0.15, -0.1) is 0 Å². The molecule has 0 aromatic heterocycles. The molecule has 0 saturated carbocycles. The zero-order valence-electron chi connectivity index (χ0n) is 14.1. The Morgan fingerprint density at radius 2 is 1.95 bits per heavy atom. The van der Waals surface area contributed by atoms with Crippen LogP contribution in [0, 0.1) is 0 Å². The van der Waals surface area contributed by atoms with Crippen molar-refractivity contribution in [1.82, 2.24) is 10.2 Å². The lowest BCUT2D eigenvalue weighted by Crippen LogP contribution is -2.55. The van der Waals surface area contributed by atoms with Gasteiger partial charge in [-0.2, -0.15) is 0 Å². The molecule has 5 nitrogen and oxygen atoms in total. The van der Waals surface area contributed by atoms with Gasteiger partial charge in [0, 0.05) is 12.1 Å². The smallest absolute Gasteiger partial charge is 0.243 e. The second kappa shape index (κ2) is 7.78. The third kappa shape index (κ3) is 6.46. The number of nitrogens with zero attached hydrogens (tertiary/aromatic N) is 1. The number of rotatable bonds is 5. The minimum Gasteiger partial charge on any atom is -0.378 e. The van der Waals surface area contributed by atoms with Gasteiger partial charge >= 0.3 is 0 Å². The van der Waals surface area contributed by atoms with E-state index in [1.54, 1.807) is 4.90 Å². The van der Waals surface area contributed by atoms with E-state index in [0.29, 0.717) is 19.6 Å². The van der Waals surface area contributed by atoms with Crippen molar-refractivity contribution in [3.05, 3.63) is 0 Å². The summed E-state index contributed by atoms with van der Waals surface area (Å²) >= 11 is 0. The average molecular weight is 298 g/mol. The number of piperidine rings is 1. The Bertz CT molecular complexity index is 361. The second-order valence-corrected chi connectivity index (χ2v) is 7.01. The highest BCUT2D eigenvalue weighted by molar-refractivity contribution is 5.88. The van der Waals surface area contributed by atoms with Gasteiger partial charge in [-0.3, -0.25) is 9.59 Å². The van der Waals surface area contributed by atoms with Gasteiger partial charge in [0.2, 0.25) is 11.8 Å². The van der Waals surface area contributed by atoms with E-state index in [1.807, 2.05) is 34.6 Å². The number of nitrogens with one attached hydrogen (secondary N) is 1. The minimum atomic E-state index is -0.329. The Kier molecular flexibility index (Phi) is 6.65. The van der Waals surface area contributed by atoms with E-state index in [4.69, 9.17) is 4.74 Å². The zero-order chi connectivity index (χ0) is 16.0. The quantitative estimate of drug-likeness (QED) is 0.845. The van der Waals surface area contributed by atoms with Crippen LogP contribution in [-0.4, -0.2) is 47.6 Å². The first-order valence-corrected chi connectivity index (χ1v) is 7.94. The van der Waals surface area contributed by atoms with E-state index in [9.17, 15) is 9.59 Å². The summed E-state index contributed by atoms with van der Waals surface area (Å²) in [7, 11) is 0. The van der Waals surface area contributed by atoms with Crippen molar-refractivity contribution >= 4 is 11.8 Å². The fourth-order valence-electron chi connectivity index (χ4n) is 2.48. The summed E-state index contributed by atoms with van der Waals surface area (Å²) in [6, 6.07) is -0.329. The maximum atomic E-state index is 12.4. The number of carbonyl (C=O) groups is 2. The molecule has 0 aromatic carbocycles.